The van der Waals surface area contributed by atoms with Gasteiger partial charge in [-0.25, -0.2) is 4.79 Å². The Morgan fingerprint density at radius 2 is 1.62 bits per heavy atom. The van der Waals surface area contributed by atoms with Gasteiger partial charge >= 0.3 is 6.09 Å². The highest BCUT2D eigenvalue weighted by Gasteiger charge is 2.60. The predicted molar refractivity (Wildman–Crippen MR) is 145 cm³/mol. The van der Waals surface area contributed by atoms with E-state index in [0.29, 0.717) is 49.7 Å². The second-order valence-electron chi connectivity index (χ2n) is 10.2. The highest BCUT2D eigenvalue weighted by Crippen LogP contribution is 2.59. The van der Waals surface area contributed by atoms with Gasteiger partial charge in [-0.2, -0.15) is 0 Å². The maximum Gasteiger partial charge on any atom is 0.410 e. The van der Waals surface area contributed by atoms with E-state index in [1.807, 2.05) is 66.7 Å². The van der Waals surface area contributed by atoms with Gasteiger partial charge in [-0.05, 0) is 35.6 Å². The number of benzene rings is 3. The summed E-state index contributed by atoms with van der Waals surface area (Å²) in [6, 6.07) is 23.2. The van der Waals surface area contributed by atoms with Gasteiger partial charge in [0, 0.05) is 29.5 Å². The van der Waals surface area contributed by atoms with Crippen LogP contribution in [0.4, 0.5) is 4.79 Å². The number of amides is 1. The third kappa shape index (κ3) is 4.22. The minimum atomic E-state index is -0.635. The second-order valence-corrected chi connectivity index (χ2v) is 10.2. The zero-order valence-corrected chi connectivity index (χ0v) is 22.1. The summed E-state index contributed by atoms with van der Waals surface area (Å²) in [5, 5.41) is 0. The van der Waals surface area contributed by atoms with Crippen molar-refractivity contribution in [3.05, 3.63) is 106 Å². The Bertz CT molecular complexity index is 1430. The van der Waals surface area contributed by atoms with Crippen LogP contribution >= 0.6 is 0 Å². The number of nitrogens with zero attached hydrogens (tertiary/aromatic N) is 1. The van der Waals surface area contributed by atoms with Crippen LogP contribution in [0.15, 0.2) is 84.1 Å². The number of ketones is 1. The minimum absolute atomic E-state index is 0.0364. The van der Waals surface area contributed by atoms with E-state index in [4.69, 9.17) is 18.9 Å². The fourth-order valence-electron chi connectivity index (χ4n) is 6.44. The van der Waals surface area contributed by atoms with Gasteiger partial charge in [-0.15, -0.1) is 0 Å². The average molecular weight is 526 g/mol. The Labute approximate surface area is 227 Å². The number of Topliss-reactive ketones (excluding diaryl/α,β-unsaturated/α-hetero) is 1. The Balaban J connectivity index is 1.42. The molecular weight excluding hydrogens is 494 g/mol. The van der Waals surface area contributed by atoms with Gasteiger partial charge in [-0.1, -0.05) is 66.7 Å². The van der Waals surface area contributed by atoms with E-state index in [0.717, 1.165) is 27.8 Å². The van der Waals surface area contributed by atoms with Crippen LogP contribution in [0, 0.1) is 0 Å². The fourth-order valence-corrected chi connectivity index (χ4v) is 6.44. The van der Waals surface area contributed by atoms with E-state index < -0.39 is 11.5 Å². The summed E-state index contributed by atoms with van der Waals surface area (Å²) in [5.41, 5.74) is 4.22. The van der Waals surface area contributed by atoms with Crippen LogP contribution in [-0.4, -0.2) is 43.6 Å². The van der Waals surface area contributed by atoms with Gasteiger partial charge in [0.05, 0.1) is 20.3 Å². The number of methoxy groups -OCH3 is 2. The zero-order valence-electron chi connectivity index (χ0n) is 22.1. The molecule has 3 aromatic rings. The van der Waals surface area contributed by atoms with Crippen molar-refractivity contribution >= 4 is 11.9 Å². The van der Waals surface area contributed by atoms with Gasteiger partial charge in [0.2, 0.25) is 0 Å². The molecule has 0 saturated carbocycles. The van der Waals surface area contributed by atoms with Crippen LogP contribution in [0.5, 0.6) is 11.5 Å². The van der Waals surface area contributed by atoms with Crippen LogP contribution < -0.4 is 9.47 Å². The maximum atomic E-state index is 13.5. The molecule has 1 heterocycles. The van der Waals surface area contributed by atoms with E-state index in [9.17, 15) is 9.59 Å². The van der Waals surface area contributed by atoms with Crippen molar-refractivity contribution in [2.24, 2.45) is 0 Å². The first-order valence-corrected chi connectivity index (χ1v) is 13.2. The van der Waals surface area contributed by atoms with Crippen molar-refractivity contribution in [1.82, 2.24) is 4.90 Å². The maximum absolute atomic E-state index is 13.5. The molecule has 2 bridgehead atoms. The third-order valence-corrected chi connectivity index (χ3v) is 8.13. The molecule has 2 atom stereocenters. The molecular formula is C32H31NO6. The lowest BCUT2D eigenvalue weighted by Gasteiger charge is -2.41. The van der Waals surface area contributed by atoms with Crippen molar-refractivity contribution in [2.75, 3.05) is 20.8 Å². The summed E-state index contributed by atoms with van der Waals surface area (Å²) in [6.07, 6.45) is 0.994. The normalized spacial score (nSPS) is 21.2. The van der Waals surface area contributed by atoms with Crippen LogP contribution in [0.1, 0.15) is 35.1 Å². The molecule has 2 aliphatic carbocycles. The standard InChI is InChI=1S/C32H31NO6/c1-36-26-14-13-23-17-24-28-29(37-2)25(34)15-16-32(28,27(23)30(26)38-18-21-9-5-3-6-10-21)20-33(24)31(35)39-19-22-11-7-4-8-12-22/h3-14,24H,15-20H2,1-2H3/t24-,32+/m0/s1. The molecule has 3 aromatic carbocycles. The van der Waals surface area contributed by atoms with Gasteiger partial charge in [0.15, 0.2) is 23.0 Å². The number of likely N-dealkylation sites (tertiary alicyclic amines) is 1. The van der Waals surface area contributed by atoms with Gasteiger partial charge in [0.1, 0.15) is 13.2 Å². The number of fused-ring (bicyclic) bond motifs is 1. The van der Waals surface area contributed by atoms with Crippen LogP contribution in [0.25, 0.3) is 0 Å². The molecule has 1 amide bonds. The molecule has 39 heavy (non-hydrogen) atoms. The molecule has 0 N–H and O–H groups in total. The summed E-state index contributed by atoms with van der Waals surface area (Å²) in [6.45, 7) is 0.922. The van der Waals surface area contributed by atoms with Crippen LogP contribution in [-0.2, 0) is 39.3 Å². The number of rotatable bonds is 7. The largest absolute Gasteiger partial charge is 0.493 e. The summed E-state index contributed by atoms with van der Waals surface area (Å²) in [7, 11) is 3.16. The first-order valence-electron chi connectivity index (χ1n) is 13.2. The second kappa shape index (κ2) is 10.1. The van der Waals surface area contributed by atoms with Crippen LogP contribution in [0.2, 0.25) is 0 Å². The summed E-state index contributed by atoms with van der Waals surface area (Å²) < 4.78 is 23.8. The Kier molecular flexibility index (Phi) is 6.51. The highest BCUT2D eigenvalue weighted by atomic mass is 16.6. The first-order chi connectivity index (χ1) is 19.1. The lowest BCUT2D eigenvalue weighted by Crippen LogP contribution is -2.41. The number of ether oxygens (including phenoxy) is 4. The van der Waals surface area contributed by atoms with E-state index in [-0.39, 0.29) is 18.4 Å². The van der Waals surface area contributed by atoms with E-state index >= 15 is 0 Å². The van der Waals surface area contributed by atoms with E-state index in [1.165, 1.54) is 7.11 Å². The zero-order chi connectivity index (χ0) is 27.0. The number of hydrogen-bond acceptors (Lipinski definition) is 6. The number of carbonyl (C=O) groups excluding carboxylic acids is 2. The highest BCUT2D eigenvalue weighted by molar-refractivity contribution is 5.97. The summed E-state index contributed by atoms with van der Waals surface area (Å²) >= 11 is 0. The van der Waals surface area contributed by atoms with Crippen molar-refractivity contribution in [3.63, 3.8) is 0 Å². The monoisotopic (exact) mass is 525 g/mol. The SMILES string of the molecule is COC1=C2[C@@H]3Cc4ccc(OC)c(OCc5ccccc5)c4[C@@]2(CCC1=O)CN3C(=O)OCc1ccccc1. The lowest BCUT2D eigenvalue weighted by molar-refractivity contribution is -0.119. The molecule has 0 unspecified atom stereocenters. The summed E-state index contributed by atoms with van der Waals surface area (Å²) in [5.74, 6) is 1.59. The molecule has 6 rings (SSSR count). The van der Waals surface area contributed by atoms with E-state index in [1.54, 1.807) is 12.0 Å². The fraction of sp³-hybridized carbons (Fsp3) is 0.312. The molecule has 7 nitrogen and oxygen atoms in total. The number of allylic oxidation sites excluding steroid dienone is 1. The molecule has 3 aliphatic rings. The minimum Gasteiger partial charge on any atom is -0.493 e. The molecule has 1 fully saturated rings. The van der Waals surface area contributed by atoms with Crippen molar-refractivity contribution in [1.29, 1.82) is 0 Å². The Morgan fingerprint density at radius 1 is 0.923 bits per heavy atom. The van der Waals surface area contributed by atoms with Crippen molar-refractivity contribution in [3.8, 4) is 11.5 Å². The summed E-state index contributed by atoms with van der Waals surface area (Å²) in [4.78, 5) is 28.4. The topological polar surface area (TPSA) is 74.3 Å². The molecule has 0 spiro atoms. The molecule has 0 radical (unpaired) electrons. The lowest BCUT2D eigenvalue weighted by atomic mass is 9.62. The quantitative estimate of drug-likeness (QED) is 0.414. The molecule has 7 heteroatoms. The van der Waals surface area contributed by atoms with Gasteiger partial charge in [0.25, 0.3) is 0 Å². The first kappa shape index (κ1) is 25.0. The van der Waals surface area contributed by atoms with Crippen molar-refractivity contribution < 1.29 is 28.5 Å². The molecule has 0 aromatic heterocycles. The number of hydrogen-bond donors (Lipinski definition) is 0. The Hall–Kier alpha value is -4.26. The predicted octanol–water partition coefficient (Wildman–Crippen LogP) is 5.35. The molecule has 200 valence electrons. The molecule has 1 aliphatic heterocycles. The number of carbonyl (C=O) groups is 2. The average Bonchev–Trinajstić information content (AvgIpc) is 3.22. The van der Waals surface area contributed by atoms with Crippen LogP contribution in [0.3, 0.4) is 0 Å². The molecule has 1 saturated heterocycles. The Morgan fingerprint density at radius 3 is 2.28 bits per heavy atom. The van der Waals surface area contributed by atoms with Gasteiger partial charge in [-0.3, -0.25) is 9.69 Å². The van der Waals surface area contributed by atoms with E-state index in [2.05, 4.69) is 6.07 Å². The van der Waals surface area contributed by atoms with Crippen molar-refractivity contribution in [2.45, 2.75) is 43.9 Å². The third-order valence-electron chi connectivity index (χ3n) is 8.13. The smallest absolute Gasteiger partial charge is 0.410 e. The van der Waals surface area contributed by atoms with Gasteiger partial charge < -0.3 is 18.9 Å².